The summed E-state index contributed by atoms with van der Waals surface area (Å²) in [6.07, 6.45) is 2.28. The summed E-state index contributed by atoms with van der Waals surface area (Å²) in [7, 11) is 1.57. The fourth-order valence-corrected chi connectivity index (χ4v) is 4.47. The maximum atomic E-state index is 13.2. The third-order valence-corrected chi connectivity index (χ3v) is 6.05. The molecule has 1 fully saturated rings. The van der Waals surface area contributed by atoms with E-state index in [0.717, 1.165) is 11.3 Å². The number of fused-ring (bicyclic) bond motifs is 1. The van der Waals surface area contributed by atoms with Gasteiger partial charge in [0.15, 0.2) is 0 Å². The van der Waals surface area contributed by atoms with Crippen LogP contribution < -0.4 is 9.47 Å². The molecule has 1 saturated heterocycles. The van der Waals surface area contributed by atoms with E-state index < -0.39 is 17.7 Å². The van der Waals surface area contributed by atoms with Crippen molar-refractivity contribution >= 4 is 17.4 Å². The molecule has 5 rings (SSSR count). The number of aliphatic hydroxyl groups is 1. The first-order valence-electron chi connectivity index (χ1n) is 10.7. The Morgan fingerprint density at radius 1 is 1.15 bits per heavy atom. The van der Waals surface area contributed by atoms with Gasteiger partial charge in [0.1, 0.15) is 29.1 Å². The zero-order valence-electron chi connectivity index (χ0n) is 18.3. The molecule has 2 aliphatic rings. The number of amides is 1. The van der Waals surface area contributed by atoms with Gasteiger partial charge in [-0.3, -0.25) is 9.59 Å². The highest BCUT2D eigenvalue weighted by atomic mass is 16.5. The molecule has 3 aromatic rings. The number of ether oxygens (including phenoxy) is 2. The minimum Gasteiger partial charge on any atom is -0.507 e. The Morgan fingerprint density at radius 2 is 1.94 bits per heavy atom. The number of benzene rings is 2. The summed E-state index contributed by atoms with van der Waals surface area (Å²) in [4.78, 5) is 27.6. The van der Waals surface area contributed by atoms with Crippen LogP contribution in [0.2, 0.25) is 0 Å². The average Bonchev–Trinajstić information content (AvgIpc) is 3.53. The van der Waals surface area contributed by atoms with Crippen LogP contribution >= 0.6 is 0 Å². The first-order valence-corrected chi connectivity index (χ1v) is 10.7. The van der Waals surface area contributed by atoms with Crippen LogP contribution in [0.3, 0.4) is 0 Å². The highest BCUT2D eigenvalue weighted by Crippen LogP contribution is 2.41. The number of methoxy groups -OCH3 is 1. The predicted octanol–water partition coefficient (Wildman–Crippen LogP) is 4.23. The van der Waals surface area contributed by atoms with E-state index in [1.165, 1.54) is 11.2 Å². The van der Waals surface area contributed by atoms with Crippen molar-refractivity contribution in [2.45, 2.75) is 32.0 Å². The van der Waals surface area contributed by atoms with Gasteiger partial charge in [-0.15, -0.1) is 0 Å². The molecule has 1 aromatic heterocycles. The molecule has 7 heteroatoms. The molecule has 7 nitrogen and oxygen atoms in total. The third-order valence-electron chi connectivity index (χ3n) is 6.05. The Hall–Kier alpha value is -4.00. The van der Waals surface area contributed by atoms with Gasteiger partial charge in [-0.2, -0.15) is 0 Å². The van der Waals surface area contributed by atoms with Crippen molar-refractivity contribution in [1.29, 1.82) is 0 Å². The maximum absolute atomic E-state index is 13.2. The van der Waals surface area contributed by atoms with Crippen LogP contribution in [-0.4, -0.2) is 34.9 Å². The number of nitrogens with zero attached hydrogens (tertiary/aromatic N) is 1. The van der Waals surface area contributed by atoms with Crippen molar-refractivity contribution in [3.05, 3.63) is 88.9 Å². The molecule has 2 aromatic carbocycles. The number of hydrogen-bond acceptors (Lipinski definition) is 6. The second kappa shape index (κ2) is 8.16. The predicted molar refractivity (Wildman–Crippen MR) is 120 cm³/mol. The van der Waals surface area contributed by atoms with E-state index in [1.54, 1.807) is 55.6 Å². The Balaban J connectivity index is 1.62. The highest BCUT2D eigenvalue weighted by molar-refractivity contribution is 6.46. The molecule has 0 aliphatic carbocycles. The smallest absolute Gasteiger partial charge is 0.296 e. The molecule has 0 spiro atoms. The largest absolute Gasteiger partial charge is 0.507 e. The summed E-state index contributed by atoms with van der Waals surface area (Å²) in [5.41, 5.74) is 2.16. The second-order valence-electron chi connectivity index (χ2n) is 8.23. The Morgan fingerprint density at radius 3 is 2.64 bits per heavy atom. The quantitative estimate of drug-likeness (QED) is 0.359. The Labute approximate surface area is 190 Å². The van der Waals surface area contributed by atoms with Gasteiger partial charge in [-0.1, -0.05) is 12.1 Å². The van der Waals surface area contributed by atoms with Gasteiger partial charge in [-0.05, 0) is 60.5 Å². The SMILES string of the molecule is COc1ccc([C@@H]2C(=C(O)c3ccc4c(c3)C[C@H](C)O4)C(=O)C(=O)N2Cc2ccco2)cc1. The summed E-state index contributed by atoms with van der Waals surface area (Å²) < 4.78 is 16.4. The monoisotopic (exact) mass is 445 g/mol. The summed E-state index contributed by atoms with van der Waals surface area (Å²) in [5.74, 6) is 0.327. The molecule has 0 unspecified atom stereocenters. The maximum Gasteiger partial charge on any atom is 0.296 e. The van der Waals surface area contributed by atoms with Gasteiger partial charge in [0.05, 0.1) is 31.5 Å². The van der Waals surface area contributed by atoms with Crippen LogP contribution in [0.4, 0.5) is 0 Å². The number of rotatable bonds is 5. The number of Topliss-reactive ketones (excluding diaryl/α,β-unsaturated/α-hetero) is 1. The second-order valence-corrected chi connectivity index (χ2v) is 8.23. The van der Waals surface area contributed by atoms with Crippen molar-refractivity contribution in [3.63, 3.8) is 0 Å². The summed E-state index contributed by atoms with van der Waals surface area (Å²) in [6.45, 7) is 2.07. The number of carbonyl (C=O) groups excluding carboxylic acids is 2. The van der Waals surface area contributed by atoms with Gasteiger partial charge in [0, 0.05) is 12.0 Å². The minimum atomic E-state index is -0.774. The average molecular weight is 445 g/mol. The zero-order chi connectivity index (χ0) is 23.1. The Kier molecular flexibility index (Phi) is 5.17. The lowest BCUT2D eigenvalue weighted by atomic mass is 9.94. The third kappa shape index (κ3) is 3.65. The van der Waals surface area contributed by atoms with Gasteiger partial charge >= 0.3 is 0 Å². The molecule has 0 bridgehead atoms. The van der Waals surface area contributed by atoms with E-state index in [0.29, 0.717) is 29.1 Å². The van der Waals surface area contributed by atoms with Crippen LogP contribution in [0, 0.1) is 0 Å². The summed E-state index contributed by atoms with van der Waals surface area (Å²) in [6, 6.07) is 15.1. The van der Waals surface area contributed by atoms with Gasteiger partial charge in [0.25, 0.3) is 11.7 Å². The van der Waals surface area contributed by atoms with Crippen LogP contribution in [0.25, 0.3) is 5.76 Å². The van der Waals surface area contributed by atoms with Crippen molar-refractivity contribution in [2.75, 3.05) is 7.11 Å². The first-order chi connectivity index (χ1) is 16.0. The summed E-state index contributed by atoms with van der Waals surface area (Å²) >= 11 is 0. The van der Waals surface area contributed by atoms with Crippen LogP contribution in [0.1, 0.15) is 35.4 Å². The van der Waals surface area contributed by atoms with Crippen molar-refractivity contribution in [3.8, 4) is 11.5 Å². The van der Waals surface area contributed by atoms with Crippen molar-refractivity contribution < 1.29 is 28.6 Å². The molecule has 0 saturated carbocycles. The van der Waals surface area contributed by atoms with E-state index in [2.05, 4.69) is 0 Å². The van der Waals surface area contributed by atoms with Crippen LogP contribution in [0.5, 0.6) is 11.5 Å². The molecule has 0 radical (unpaired) electrons. The fraction of sp³-hybridized carbons (Fsp3) is 0.231. The minimum absolute atomic E-state index is 0.0450. The van der Waals surface area contributed by atoms with Crippen LogP contribution in [0.15, 0.2) is 70.9 Å². The molecule has 2 aliphatic heterocycles. The topological polar surface area (TPSA) is 89.2 Å². The number of carbonyl (C=O) groups is 2. The summed E-state index contributed by atoms with van der Waals surface area (Å²) in [5, 5.41) is 11.3. The van der Waals surface area contributed by atoms with E-state index in [9.17, 15) is 14.7 Å². The molecular weight excluding hydrogens is 422 g/mol. The van der Waals surface area contributed by atoms with Gasteiger partial charge < -0.3 is 23.9 Å². The number of aliphatic hydroxyl groups excluding tert-OH is 1. The normalized spacial score (nSPS) is 21.2. The van der Waals surface area contributed by atoms with Crippen molar-refractivity contribution in [2.24, 2.45) is 0 Å². The van der Waals surface area contributed by atoms with Gasteiger partial charge in [0.2, 0.25) is 0 Å². The van der Waals surface area contributed by atoms with Crippen LogP contribution in [-0.2, 0) is 22.6 Å². The molecule has 1 N–H and O–H groups in total. The Bertz CT molecular complexity index is 1240. The fourth-order valence-electron chi connectivity index (χ4n) is 4.47. The van der Waals surface area contributed by atoms with E-state index >= 15 is 0 Å². The molecule has 2 atom stereocenters. The lowest BCUT2D eigenvalue weighted by Gasteiger charge is -2.24. The zero-order valence-corrected chi connectivity index (χ0v) is 18.3. The standard InChI is InChI=1S/C26H23NO6/c1-15-12-18-13-17(7-10-21(18)33-15)24(28)22-23(16-5-8-19(31-2)9-6-16)27(26(30)25(22)29)14-20-4-3-11-32-20/h3-11,13,15,23,28H,12,14H2,1-2H3/t15-,23+/m0/s1. The van der Waals surface area contributed by atoms with Gasteiger partial charge in [-0.25, -0.2) is 0 Å². The lowest BCUT2D eigenvalue weighted by Crippen LogP contribution is -2.29. The number of likely N-dealkylation sites (tertiary alicyclic amines) is 1. The van der Waals surface area contributed by atoms with E-state index in [-0.39, 0.29) is 24.0 Å². The molecule has 168 valence electrons. The number of hydrogen-bond donors (Lipinski definition) is 1. The molecule has 1 amide bonds. The first kappa shape index (κ1) is 20.9. The van der Waals surface area contributed by atoms with Crippen molar-refractivity contribution in [1.82, 2.24) is 4.90 Å². The highest BCUT2D eigenvalue weighted by Gasteiger charge is 2.46. The lowest BCUT2D eigenvalue weighted by molar-refractivity contribution is -0.140. The molecular formula is C26H23NO6. The number of furan rings is 1. The van der Waals surface area contributed by atoms with E-state index in [4.69, 9.17) is 13.9 Å². The molecule has 33 heavy (non-hydrogen) atoms. The molecule has 3 heterocycles. The van der Waals surface area contributed by atoms with E-state index in [1.807, 2.05) is 13.0 Å². The number of ketones is 1.